The summed E-state index contributed by atoms with van der Waals surface area (Å²) in [6.45, 7) is 6.42. The highest BCUT2D eigenvalue weighted by molar-refractivity contribution is 5.75. The van der Waals surface area contributed by atoms with E-state index in [4.69, 9.17) is 4.74 Å². The standard InChI is InChI=1S/C18H28N2O3/c1-4-15(14-8-6-7-9-16(14)23-5-2)19-17(22)20-18(3,12-21)13-10-11-13/h6-9,13,15,21H,4-5,10-12H2,1-3H3,(H2,19,20,22). The molecular formula is C18H28N2O3. The topological polar surface area (TPSA) is 70.6 Å². The molecule has 2 atom stereocenters. The maximum absolute atomic E-state index is 12.4. The van der Waals surface area contributed by atoms with Crippen molar-refractivity contribution < 1.29 is 14.6 Å². The maximum atomic E-state index is 12.4. The molecular weight excluding hydrogens is 292 g/mol. The Labute approximate surface area is 138 Å². The average molecular weight is 320 g/mol. The van der Waals surface area contributed by atoms with Gasteiger partial charge in [-0.1, -0.05) is 25.1 Å². The molecule has 1 aliphatic carbocycles. The Bertz CT molecular complexity index is 531. The highest BCUT2D eigenvalue weighted by Crippen LogP contribution is 2.39. The Balaban J connectivity index is 2.05. The predicted octanol–water partition coefficient (Wildman–Crippen LogP) is 3.00. The summed E-state index contributed by atoms with van der Waals surface area (Å²) < 4.78 is 5.66. The van der Waals surface area contributed by atoms with Crippen LogP contribution in [0.3, 0.4) is 0 Å². The average Bonchev–Trinajstić information content (AvgIpc) is 3.39. The molecule has 2 amide bonds. The second-order valence-corrected chi connectivity index (χ2v) is 6.38. The highest BCUT2D eigenvalue weighted by atomic mass is 16.5. The van der Waals surface area contributed by atoms with Crippen molar-refractivity contribution in [3.05, 3.63) is 29.8 Å². The fourth-order valence-electron chi connectivity index (χ4n) is 2.90. The van der Waals surface area contributed by atoms with Gasteiger partial charge in [-0.15, -0.1) is 0 Å². The predicted molar refractivity (Wildman–Crippen MR) is 90.5 cm³/mol. The zero-order chi connectivity index (χ0) is 16.9. The fourth-order valence-corrected chi connectivity index (χ4v) is 2.90. The Morgan fingerprint density at radius 2 is 2.09 bits per heavy atom. The van der Waals surface area contributed by atoms with Gasteiger partial charge in [-0.05, 0) is 45.1 Å². The number of carbonyl (C=O) groups excluding carboxylic acids is 1. The molecule has 1 aromatic carbocycles. The van der Waals surface area contributed by atoms with Crippen molar-refractivity contribution in [2.75, 3.05) is 13.2 Å². The minimum atomic E-state index is -0.540. The quantitative estimate of drug-likeness (QED) is 0.689. The molecule has 0 spiro atoms. The van der Waals surface area contributed by atoms with Crippen molar-refractivity contribution in [1.29, 1.82) is 0 Å². The van der Waals surface area contributed by atoms with E-state index in [0.29, 0.717) is 12.5 Å². The van der Waals surface area contributed by atoms with Gasteiger partial charge in [0.1, 0.15) is 5.75 Å². The van der Waals surface area contributed by atoms with Crippen LogP contribution in [0.1, 0.15) is 51.6 Å². The molecule has 128 valence electrons. The van der Waals surface area contributed by atoms with Crippen molar-refractivity contribution in [2.45, 2.75) is 51.6 Å². The molecule has 5 nitrogen and oxygen atoms in total. The minimum Gasteiger partial charge on any atom is -0.494 e. The maximum Gasteiger partial charge on any atom is 0.315 e. The molecule has 23 heavy (non-hydrogen) atoms. The zero-order valence-corrected chi connectivity index (χ0v) is 14.3. The summed E-state index contributed by atoms with van der Waals surface area (Å²) in [7, 11) is 0. The van der Waals surface area contributed by atoms with Crippen molar-refractivity contribution >= 4 is 6.03 Å². The van der Waals surface area contributed by atoms with E-state index in [2.05, 4.69) is 10.6 Å². The van der Waals surface area contributed by atoms with Crippen molar-refractivity contribution in [3.8, 4) is 5.75 Å². The molecule has 0 heterocycles. The number of benzene rings is 1. The first-order chi connectivity index (χ1) is 11.0. The Morgan fingerprint density at radius 3 is 2.65 bits per heavy atom. The van der Waals surface area contributed by atoms with Crippen LogP contribution in [0.2, 0.25) is 0 Å². The number of rotatable bonds is 8. The number of amides is 2. The fraction of sp³-hybridized carbons (Fsp3) is 0.611. The minimum absolute atomic E-state index is 0.0442. The van der Waals surface area contributed by atoms with Crippen LogP contribution >= 0.6 is 0 Å². The molecule has 1 aliphatic rings. The summed E-state index contributed by atoms with van der Waals surface area (Å²) in [6, 6.07) is 7.40. The van der Waals surface area contributed by atoms with Gasteiger partial charge in [0.25, 0.3) is 0 Å². The summed E-state index contributed by atoms with van der Waals surface area (Å²) >= 11 is 0. The number of ether oxygens (including phenoxy) is 1. The van der Waals surface area contributed by atoms with Crippen LogP contribution < -0.4 is 15.4 Å². The summed E-state index contributed by atoms with van der Waals surface area (Å²) in [5.41, 5.74) is 0.436. The first-order valence-electron chi connectivity index (χ1n) is 8.45. The molecule has 0 aliphatic heterocycles. The number of aliphatic hydroxyl groups is 1. The van der Waals surface area contributed by atoms with Gasteiger partial charge in [0, 0.05) is 5.56 Å². The van der Waals surface area contributed by atoms with E-state index in [0.717, 1.165) is 30.6 Å². The van der Waals surface area contributed by atoms with Gasteiger partial charge in [-0.2, -0.15) is 0 Å². The third kappa shape index (κ3) is 4.38. The Hall–Kier alpha value is -1.75. The zero-order valence-electron chi connectivity index (χ0n) is 14.3. The molecule has 1 saturated carbocycles. The van der Waals surface area contributed by atoms with Gasteiger partial charge in [-0.3, -0.25) is 0 Å². The highest BCUT2D eigenvalue weighted by Gasteiger charge is 2.42. The van der Waals surface area contributed by atoms with Crippen LogP contribution in [0.15, 0.2) is 24.3 Å². The number of hydrogen-bond donors (Lipinski definition) is 3. The smallest absolute Gasteiger partial charge is 0.315 e. The monoisotopic (exact) mass is 320 g/mol. The number of para-hydroxylation sites is 1. The molecule has 2 rings (SSSR count). The number of hydrogen-bond acceptors (Lipinski definition) is 3. The van der Waals surface area contributed by atoms with E-state index in [-0.39, 0.29) is 18.7 Å². The van der Waals surface area contributed by atoms with Crippen molar-refractivity contribution in [3.63, 3.8) is 0 Å². The summed E-state index contributed by atoms with van der Waals surface area (Å²) in [5.74, 6) is 1.17. The van der Waals surface area contributed by atoms with E-state index >= 15 is 0 Å². The molecule has 0 bridgehead atoms. The number of carbonyl (C=O) groups is 1. The normalized spacial score (nSPS) is 17.9. The summed E-state index contributed by atoms with van der Waals surface area (Å²) in [6.07, 6.45) is 2.88. The molecule has 5 heteroatoms. The lowest BCUT2D eigenvalue weighted by Crippen LogP contribution is -2.54. The molecule has 0 saturated heterocycles. The van der Waals surface area contributed by atoms with E-state index in [1.54, 1.807) is 0 Å². The van der Waals surface area contributed by atoms with Crippen LogP contribution in [-0.4, -0.2) is 29.9 Å². The van der Waals surface area contributed by atoms with Crippen LogP contribution in [0.25, 0.3) is 0 Å². The third-order valence-corrected chi connectivity index (χ3v) is 4.51. The number of aliphatic hydroxyl groups excluding tert-OH is 1. The largest absolute Gasteiger partial charge is 0.494 e. The Morgan fingerprint density at radius 1 is 1.39 bits per heavy atom. The molecule has 0 aromatic heterocycles. The molecule has 0 radical (unpaired) electrons. The van der Waals surface area contributed by atoms with Gasteiger partial charge in [0.05, 0.1) is 24.8 Å². The third-order valence-electron chi connectivity index (χ3n) is 4.51. The van der Waals surface area contributed by atoms with Crippen LogP contribution in [-0.2, 0) is 0 Å². The Kier molecular flexibility index (Phi) is 5.88. The number of nitrogens with one attached hydrogen (secondary N) is 2. The van der Waals surface area contributed by atoms with Crippen molar-refractivity contribution in [2.24, 2.45) is 5.92 Å². The SMILES string of the molecule is CCOc1ccccc1C(CC)NC(=O)NC(C)(CO)C1CC1. The van der Waals surface area contributed by atoms with E-state index in [1.807, 2.05) is 45.0 Å². The summed E-state index contributed by atoms with van der Waals surface area (Å²) in [4.78, 5) is 12.4. The van der Waals surface area contributed by atoms with Crippen molar-refractivity contribution in [1.82, 2.24) is 10.6 Å². The molecule has 3 N–H and O–H groups in total. The van der Waals surface area contributed by atoms with Gasteiger partial charge in [0.2, 0.25) is 0 Å². The first kappa shape index (κ1) is 17.6. The lowest BCUT2D eigenvalue weighted by atomic mass is 9.97. The molecule has 1 aromatic rings. The second kappa shape index (κ2) is 7.68. The first-order valence-corrected chi connectivity index (χ1v) is 8.45. The van der Waals surface area contributed by atoms with Crippen LogP contribution in [0.5, 0.6) is 5.75 Å². The van der Waals surface area contributed by atoms with Gasteiger partial charge < -0.3 is 20.5 Å². The molecule has 1 fully saturated rings. The second-order valence-electron chi connectivity index (χ2n) is 6.38. The van der Waals surface area contributed by atoms with E-state index < -0.39 is 5.54 Å². The number of urea groups is 1. The summed E-state index contributed by atoms with van der Waals surface area (Å²) in [5, 5.41) is 15.6. The lowest BCUT2D eigenvalue weighted by molar-refractivity contribution is 0.154. The van der Waals surface area contributed by atoms with Gasteiger partial charge in [0.15, 0.2) is 0 Å². The van der Waals surface area contributed by atoms with E-state index in [1.165, 1.54) is 0 Å². The van der Waals surface area contributed by atoms with Crippen LogP contribution in [0.4, 0.5) is 4.79 Å². The molecule has 2 unspecified atom stereocenters. The van der Waals surface area contributed by atoms with Gasteiger partial charge >= 0.3 is 6.03 Å². The van der Waals surface area contributed by atoms with Crippen LogP contribution in [0, 0.1) is 5.92 Å². The lowest BCUT2D eigenvalue weighted by Gasteiger charge is -2.30. The van der Waals surface area contributed by atoms with Gasteiger partial charge in [-0.25, -0.2) is 4.79 Å². The van der Waals surface area contributed by atoms with E-state index in [9.17, 15) is 9.90 Å².